The molecule has 6 heteroatoms. The Kier molecular flexibility index (Phi) is 3.15. The van der Waals surface area contributed by atoms with E-state index in [-0.39, 0.29) is 11.9 Å². The number of carbonyl (C=O) groups excluding carboxylic acids is 1. The standard InChI is InChI=1S/C11H20N2O4/c1-5-7(14)9-8(16-11(2,3)17-9)6(13-5)10(15)12-4/h5-9,13-14H,1-4H3,(H,12,15)/t5-,6+,7-,8-,9+/m0/s1. The smallest absolute Gasteiger partial charge is 0.239 e. The highest BCUT2D eigenvalue weighted by Gasteiger charge is 2.54. The van der Waals surface area contributed by atoms with Crippen molar-refractivity contribution in [3.05, 3.63) is 0 Å². The molecule has 2 aliphatic heterocycles. The Bertz CT molecular complexity index is 321. The number of likely N-dealkylation sites (N-methyl/N-ethyl adjacent to an activating group) is 1. The molecule has 0 saturated carbocycles. The van der Waals surface area contributed by atoms with Crippen LogP contribution in [0.3, 0.4) is 0 Å². The van der Waals surface area contributed by atoms with Crippen LogP contribution in [0.2, 0.25) is 0 Å². The number of fused-ring (bicyclic) bond motifs is 1. The van der Waals surface area contributed by atoms with Crippen LogP contribution in [0.5, 0.6) is 0 Å². The second-order valence-electron chi connectivity index (χ2n) is 5.10. The van der Waals surface area contributed by atoms with Gasteiger partial charge in [-0.15, -0.1) is 0 Å². The van der Waals surface area contributed by atoms with Crippen molar-refractivity contribution in [3.63, 3.8) is 0 Å². The molecule has 0 aromatic rings. The SMILES string of the molecule is CNC(=O)[C@@H]1N[C@@H](C)[C@H](O)[C@H]2OC(C)(C)O[C@H]21. The van der Waals surface area contributed by atoms with Crippen molar-refractivity contribution in [1.82, 2.24) is 10.6 Å². The molecular weight excluding hydrogens is 224 g/mol. The number of rotatable bonds is 1. The molecule has 0 spiro atoms. The summed E-state index contributed by atoms with van der Waals surface area (Å²) in [7, 11) is 1.58. The Hall–Kier alpha value is -0.690. The van der Waals surface area contributed by atoms with E-state index in [1.165, 1.54) is 0 Å². The molecule has 0 unspecified atom stereocenters. The summed E-state index contributed by atoms with van der Waals surface area (Å²) in [5.74, 6) is -0.922. The van der Waals surface area contributed by atoms with Gasteiger partial charge in [-0.05, 0) is 20.8 Å². The van der Waals surface area contributed by atoms with Crippen LogP contribution in [0.4, 0.5) is 0 Å². The van der Waals surface area contributed by atoms with Crippen LogP contribution in [0.15, 0.2) is 0 Å². The molecule has 2 aliphatic rings. The van der Waals surface area contributed by atoms with Crippen molar-refractivity contribution >= 4 is 5.91 Å². The van der Waals surface area contributed by atoms with Crippen molar-refractivity contribution in [2.75, 3.05) is 7.05 Å². The lowest BCUT2D eigenvalue weighted by atomic mass is 9.91. The fraction of sp³-hybridized carbons (Fsp3) is 0.909. The summed E-state index contributed by atoms with van der Waals surface area (Å²) in [6.07, 6.45) is -1.61. The van der Waals surface area contributed by atoms with E-state index in [9.17, 15) is 9.90 Å². The van der Waals surface area contributed by atoms with Crippen LogP contribution in [-0.2, 0) is 14.3 Å². The van der Waals surface area contributed by atoms with E-state index in [0.29, 0.717) is 0 Å². The van der Waals surface area contributed by atoms with Crippen molar-refractivity contribution < 1.29 is 19.4 Å². The normalized spacial score (nSPS) is 44.2. The maximum absolute atomic E-state index is 11.8. The predicted molar refractivity (Wildman–Crippen MR) is 60.3 cm³/mol. The third-order valence-electron chi connectivity index (χ3n) is 3.31. The lowest BCUT2D eigenvalue weighted by Gasteiger charge is -2.38. The molecule has 5 atom stereocenters. The predicted octanol–water partition coefficient (Wildman–Crippen LogP) is -1.03. The first-order chi connectivity index (χ1) is 7.85. The van der Waals surface area contributed by atoms with Gasteiger partial charge in [0.25, 0.3) is 0 Å². The summed E-state index contributed by atoms with van der Waals surface area (Å²) in [6.45, 7) is 5.39. The molecule has 0 bridgehead atoms. The second kappa shape index (κ2) is 4.20. The number of aliphatic hydroxyl groups is 1. The minimum absolute atomic E-state index is 0.153. The summed E-state index contributed by atoms with van der Waals surface area (Å²) in [5.41, 5.74) is 0. The molecule has 0 aromatic heterocycles. The van der Waals surface area contributed by atoms with E-state index in [1.807, 2.05) is 6.92 Å². The van der Waals surface area contributed by atoms with Crippen molar-refractivity contribution in [2.24, 2.45) is 0 Å². The Balaban J connectivity index is 2.23. The minimum Gasteiger partial charge on any atom is -0.389 e. The lowest BCUT2D eigenvalue weighted by Crippen LogP contribution is -2.66. The highest BCUT2D eigenvalue weighted by Crippen LogP contribution is 2.35. The molecule has 2 rings (SSSR count). The van der Waals surface area contributed by atoms with E-state index in [4.69, 9.17) is 9.47 Å². The van der Waals surface area contributed by atoms with Gasteiger partial charge < -0.3 is 19.9 Å². The Morgan fingerprint density at radius 2 is 1.94 bits per heavy atom. The average molecular weight is 244 g/mol. The number of carbonyl (C=O) groups is 1. The maximum atomic E-state index is 11.8. The highest BCUT2D eigenvalue weighted by molar-refractivity contribution is 5.82. The number of hydrogen-bond donors (Lipinski definition) is 3. The fourth-order valence-electron chi connectivity index (χ4n) is 2.48. The molecule has 0 radical (unpaired) electrons. The van der Waals surface area contributed by atoms with Gasteiger partial charge in [-0.3, -0.25) is 10.1 Å². The van der Waals surface area contributed by atoms with E-state index in [1.54, 1.807) is 20.9 Å². The summed E-state index contributed by atoms with van der Waals surface area (Å²) < 4.78 is 11.4. The molecule has 3 N–H and O–H groups in total. The van der Waals surface area contributed by atoms with Gasteiger partial charge in [0, 0.05) is 13.1 Å². The van der Waals surface area contributed by atoms with E-state index < -0.39 is 30.1 Å². The third kappa shape index (κ3) is 2.18. The van der Waals surface area contributed by atoms with Crippen LogP contribution in [-0.4, -0.2) is 54.2 Å². The molecule has 17 heavy (non-hydrogen) atoms. The molecule has 98 valence electrons. The minimum atomic E-state index is -0.770. The fourth-order valence-corrected chi connectivity index (χ4v) is 2.48. The highest BCUT2D eigenvalue weighted by atomic mass is 16.8. The lowest BCUT2D eigenvalue weighted by molar-refractivity contribution is -0.154. The van der Waals surface area contributed by atoms with Crippen LogP contribution in [0.1, 0.15) is 20.8 Å². The molecule has 2 fully saturated rings. The van der Waals surface area contributed by atoms with E-state index >= 15 is 0 Å². The number of aliphatic hydroxyl groups excluding tert-OH is 1. The van der Waals surface area contributed by atoms with Crippen LogP contribution in [0.25, 0.3) is 0 Å². The van der Waals surface area contributed by atoms with E-state index in [0.717, 1.165) is 0 Å². The average Bonchev–Trinajstić information content (AvgIpc) is 2.58. The van der Waals surface area contributed by atoms with Gasteiger partial charge in [0.05, 0.1) is 6.10 Å². The summed E-state index contributed by atoms with van der Waals surface area (Å²) >= 11 is 0. The largest absolute Gasteiger partial charge is 0.389 e. The van der Waals surface area contributed by atoms with Gasteiger partial charge in [0.2, 0.25) is 5.91 Å². The Labute approximate surface area is 101 Å². The quantitative estimate of drug-likeness (QED) is 0.550. The number of amides is 1. The number of ether oxygens (including phenoxy) is 2. The molecule has 6 nitrogen and oxygen atoms in total. The Morgan fingerprint density at radius 3 is 2.53 bits per heavy atom. The van der Waals surface area contributed by atoms with Gasteiger partial charge in [-0.2, -0.15) is 0 Å². The van der Waals surface area contributed by atoms with Crippen LogP contribution >= 0.6 is 0 Å². The van der Waals surface area contributed by atoms with Crippen molar-refractivity contribution in [3.8, 4) is 0 Å². The zero-order valence-electron chi connectivity index (χ0n) is 10.6. The van der Waals surface area contributed by atoms with Crippen molar-refractivity contribution in [2.45, 2.75) is 57.0 Å². The maximum Gasteiger partial charge on any atom is 0.239 e. The molecular formula is C11H20N2O4. The van der Waals surface area contributed by atoms with Gasteiger partial charge in [0.15, 0.2) is 5.79 Å². The summed E-state index contributed by atoms with van der Waals surface area (Å²) in [5, 5.41) is 15.7. The first-order valence-corrected chi connectivity index (χ1v) is 5.87. The van der Waals surface area contributed by atoms with Crippen LogP contribution < -0.4 is 10.6 Å². The monoisotopic (exact) mass is 244 g/mol. The zero-order valence-corrected chi connectivity index (χ0v) is 10.6. The summed E-state index contributed by atoms with van der Waals surface area (Å²) in [4.78, 5) is 11.8. The van der Waals surface area contributed by atoms with Gasteiger partial charge in [-0.25, -0.2) is 0 Å². The first-order valence-electron chi connectivity index (χ1n) is 5.87. The third-order valence-corrected chi connectivity index (χ3v) is 3.31. The molecule has 2 saturated heterocycles. The zero-order chi connectivity index (χ0) is 12.8. The first kappa shape index (κ1) is 12.8. The number of piperidine rings is 1. The van der Waals surface area contributed by atoms with Gasteiger partial charge in [-0.1, -0.05) is 0 Å². The number of nitrogens with one attached hydrogen (secondary N) is 2. The second-order valence-corrected chi connectivity index (χ2v) is 5.10. The molecule has 1 amide bonds. The van der Waals surface area contributed by atoms with Crippen LogP contribution in [0, 0.1) is 0 Å². The number of hydrogen-bond acceptors (Lipinski definition) is 5. The molecule has 2 heterocycles. The summed E-state index contributed by atoms with van der Waals surface area (Å²) in [6, 6.07) is -0.707. The van der Waals surface area contributed by atoms with Crippen molar-refractivity contribution in [1.29, 1.82) is 0 Å². The molecule has 0 aromatic carbocycles. The molecule has 0 aliphatic carbocycles. The Morgan fingerprint density at radius 1 is 1.35 bits per heavy atom. The van der Waals surface area contributed by atoms with Gasteiger partial charge >= 0.3 is 0 Å². The van der Waals surface area contributed by atoms with Gasteiger partial charge in [0.1, 0.15) is 18.2 Å². The van der Waals surface area contributed by atoms with E-state index in [2.05, 4.69) is 10.6 Å². The topological polar surface area (TPSA) is 79.8 Å².